The van der Waals surface area contributed by atoms with Crippen LogP contribution in [0.5, 0.6) is 0 Å². The van der Waals surface area contributed by atoms with Gasteiger partial charge >= 0.3 is 0 Å². The standard InChI is InChI=1S/C56H65BN2S/c1-52(2,3)34-16-22-39(23-17-34)58-45-26-20-37(55(10,11)12)29-43(45)57-44-33-50-42(41-28-36(54(7,8)9)21-27-49(41)60-50)32-46(44)59(40-24-18-35(19-25-40)53(4,5)6)48-31-38(56(13,14)15)30-47(58)51(48)57/h16-33,41,49H,1-15H3. The highest BCUT2D eigenvalue weighted by Crippen LogP contribution is 2.54. The van der Waals surface area contributed by atoms with Gasteiger partial charge in [0.1, 0.15) is 0 Å². The smallest absolute Gasteiger partial charge is 0.252 e. The minimum atomic E-state index is -0.0778. The van der Waals surface area contributed by atoms with E-state index in [4.69, 9.17) is 0 Å². The number of nitrogens with zero attached hydrogens (tertiary/aromatic N) is 2. The van der Waals surface area contributed by atoms with Gasteiger partial charge in [0.25, 0.3) is 6.71 Å². The molecular weight excluding hydrogens is 744 g/mol. The lowest BCUT2D eigenvalue weighted by Crippen LogP contribution is -2.61. The Labute approximate surface area is 366 Å². The first-order valence-corrected chi connectivity index (χ1v) is 23.2. The molecule has 3 heterocycles. The van der Waals surface area contributed by atoms with Crippen LogP contribution in [-0.4, -0.2) is 12.0 Å². The number of fused-ring (bicyclic) bond motifs is 7. The summed E-state index contributed by atoms with van der Waals surface area (Å²) in [5, 5.41) is 0.401. The van der Waals surface area contributed by atoms with Crippen LogP contribution in [-0.2, 0) is 21.7 Å². The molecule has 2 unspecified atom stereocenters. The molecule has 2 nitrogen and oxygen atoms in total. The van der Waals surface area contributed by atoms with E-state index in [-0.39, 0.29) is 33.8 Å². The maximum Gasteiger partial charge on any atom is 0.252 e. The van der Waals surface area contributed by atoms with Gasteiger partial charge < -0.3 is 9.80 Å². The fourth-order valence-corrected chi connectivity index (χ4v) is 11.1. The van der Waals surface area contributed by atoms with E-state index in [0.29, 0.717) is 11.2 Å². The molecule has 2 atom stereocenters. The third-order valence-electron chi connectivity index (χ3n) is 13.6. The minimum Gasteiger partial charge on any atom is -0.311 e. The molecule has 308 valence electrons. The van der Waals surface area contributed by atoms with Crippen molar-refractivity contribution in [1.82, 2.24) is 0 Å². The van der Waals surface area contributed by atoms with E-state index in [1.165, 1.54) is 88.8 Å². The van der Waals surface area contributed by atoms with Crippen molar-refractivity contribution >= 4 is 69.0 Å². The van der Waals surface area contributed by atoms with E-state index >= 15 is 0 Å². The summed E-state index contributed by atoms with van der Waals surface area (Å²) in [6.07, 6.45) is 7.46. The van der Waals surface area contributed by atoms with Crippen molar-refractivity contribution < 1.29 is 0 Å². The normalized spacial score (nSPS) is 18.4. The Morgan fingerprint density at radius 2 is 0.950 bits per heavy atom. The number of thioether (sulfide) groups is 1. The van der Waals surface area contributed by atoms with Gasteiger partial charge in [0.15, 0.2) is 0 Å². The van der Waals surface area contributed by atoms with E-state index in [9.17, 15) is 0 Å². The molecule has 4 aliphatic rings. The summed E-state index contributed by atoms with van der Waals surface area (Å²) in [5.74, 6) is 0.343. The van der Waals surface area contributed by atoms with Crippen molar-refractivity contribution in [2.45, 2.75) is 142 Å². The Kier molecular flexibility index (Phi) is 9.25. The average molecular weight is 809 g/mol. The molecule has 9 rings (SSSR count). The molecule has 0 aromatic heterocycles. The third kappa shape index (κ3) is 6.81. The second-order valence-corrected chi connectivity index (χ2v) is 24.4. The summed E-state index contributed by atoms with van der Waals surface area (Å²) >= 11 is 2.06. The van der Waals surface area contributed by atoms with E-state index in [1.807, 2.05) is 0 Å². The van der Waals surface area contributed by atoms with Gasteiger partial charge in [-0.1, -0.05) is 165 Å². The van der Waals surface area contributed by atoms with Gasteiger partial charge in [0, 0.05) is 50.2 Å². The van der Waals surface area contributed by atoms with Crippen molar-refractivity contribution in [3.05, 3.63) is 143 Å². The highest BCUT2D eigenvalue weighted by atomic mass is 32.2. The second-order valence-electron chi connectivity index (χ2n) is 23.2. The maximum atomic E-state index is 2.64. The molecule has 4 heteroatoms. The maximum absolute atomic E-state index is 2.64. The Hall–Kier alpha value is -4.41. The molecule has 60 heavy (non-hydrogen) atoms. The number of hydrogen-bond donors (Lipinski definition) is 0. The predicted molar refractivity (Wildman–Crippen MR) is 264 cm³/mol. The number of benzene rings is 5. The van der Waals surface area contributed by atoms with Crippen molar-refractivity contribution in [1.29, 1.82) is 0 Å². The first kappa shape index (κ1) is 41.0. The first-order chi connectivity index (χ1) is 27.9. The van der Waals surface area contributed by atoms with Crippen LogP contribution < -0.4 is 26.2 Å². The SMILES string of the molecule is CC(C)(C)C1=CC2c3cc4c(cc3SC2C=C1)B1c2cc(C(C)(C)C)ccc2N(c2ccc(C(C)(C)C)cc2)c2cc(C(C)(C)C)cc(c21)N4c1ccc(C(C)(C)C)cc1. The average Bonchev–Trinajstić information content (AvgIpc) is 3.52. The van der Waals surface area contributed by atoms with Crippen LogP contribution in [0.1, 0.15) is 138 Å². The number of anilines is 6. The lowest BCUT2D eigenvalue weighted by Gasteiger charge is -2.45. The lowest BCUT2D eigenvalue weighted by atomic mass is 9.33. The summed E-state index contributed by atoms with van der Waals surface area (Å²) < 4.78 is 0. The number of hydrogen-bond acceptors (Lipinski definition) is 3. The molecule has 0 amide bonds. The van der Waals surface area contributed by atoms with Gasteiger partial charge in [-0.25, -0.2) is 0 Å². The number of allylic oxidation sites excluding steroid dienone is 3. The molecule has 0 bridgehead atoms. The molecule has 0 spiro atoms. The van der Waals surface area contributed by atoms with Crippen LogP contribution >= 0.6 is 11.8 Å². The highest BCUT2D eigenvalue weighted by Gasteiger charge is 2.46. The summed E-state index contributed by atoms with van der Waals surface area (Å²) in [6.45, 7) is 35.1. The fourth-order valence-electron chi connectivity index (χ4n) is 9.77. The van der Waals surface area contributed by atoms with E-state index in [2.05, 4.69) is 235 Å². The highest BCUT2D eigenvalue weighted by molar-refractivity contribution is 8.00. The van der Waals surface area contributed by atoms with Gasteiger partial charge in [-0.2, -0.15) is 0 Å². The van der Waals surface area contributed by atoms with Crippen molar-refractivity contribution in [3.8, 4) is 0 Å². The molecule has 3 aliphatic heterocycles. The Balaban J connectivity index is 1.37. The quantitative estimate of drug-likeness (QED) is 0.161. The summed E-state index contributed by atoms with van der Waals surface area (Å²) in [5.41, 5.74) is 20.2. The van der Waals surface area contributed by atoms with Crippen LogP contribution in [0.4, 0.5) is 34.1 Å². The zero-order chi connectivity index (χ0) is 43.1. The first-order valence-electron chi connectivity index (χ1n) is 22.3. The van der Waals surface area contributed by atoms with Crippen LogP contribution in [0.3, 0.4) is 0 Å². The second kappa shape index (κ2) is 13.5. The fraction of sp³-hybridized carbons (Fsp3) is 0.393. The summed E-state index contributed by atoms with van der Waals surface area (Å²) in [4.78, 5) is 6.65. The van der Waals surface area contributed by atoms with Crippen LogP contribution in [0.2, 0.25) is 0 Å². The van der Waals surface area contributed by atoms with Crippen molar-refractivity contribution in [3.63, 3.8) is 0 Å². The van der Waals surface area contributed by atoms with Gasteiger partial charge in [-0.15, -0.1) is 11.8 Å². The van der Waals surface area contributed by atoms with Gasteiger partial charge in [0.2, 0.25) is 0 Å². The van der Waals surface area contributed by atoms with Gasteiger partial charge in [-0.05, 0) is 125 Å². The molecule has 0 radical (unpaired) electrons. The lowest BCUT2D eigenvalue weighted by molar-refractivity contribution is 0.510. The Bertz CT molecular complexity index is 2590. The molecule has 0 saturated carbocycles. The topological polar surface area (TPSA) is 6.48 Å². The van der Waals surface area contributed by atoms with Crippen molar-refractivity contribution in [2.75, 3.05) is 9.80 Å². The number of rotatable bonds is 2. The van der Waals surface area contributed by atoms with Gasteiger partial charge in [0.05, 0.1) is 0 Å². The zero-order valence-electron chi connectivity index (χ0n) is 38.9. The molecule has 1 aliphatic carbocycles. The van der Waals surface area contributed by atoms with Crippen LogP contribution in [0.25, 0.3) is 0 Å². The Morgan fingerprint density at radius 3 is 1.45 bits per heavy atom. The van der Waals surface area contributed by atoms with Crippen LogP contribution in [0.15, 0.2) is 120 Å². The Morgan fingerprint density at radius 1 is 0.467 bits per heavy atom. The molecule has 0 saturated heterocycles. The van der Waals surface area contributed by atoms with Crippen molar-refractivity contribution in [2.24, 2.45) is 5.41 Å². The molecule has 5 aromatic carbocycles. The third-order valence-corrected chi connectivity index (χ3v) is 14.9. The molecule has 0 N–H and O–H groups in total. The minimum absolute atomic E-state index is 0.00133. The summed E-state index contributed by atoms with van der Waals surface area (Å²) in [7, 11) is 0. The van der Waals surface area contributed by atoms with E-state index < -0.39 is 0 Å². The largest absolute Gasteiger partial charge is 0.311 e. The predicted octanol–water partition coefficient (Wildman–Crippen LogP) is 14.1. The van der Waals surface area contributed by atoms with E-state index in [1.54, 1.807) is 0 Å². The summed E-state index contributed by atoms with van der Waals surface area (Å²) in [6, 6.07) is 36.5. The molecule has 0 fully saturated rings. The van der Waals surface area contributed by atoms with Crippen LogP contribution in [0, 0.1) is 5.41 Å². The zero-order valence-corrected chi connectivity index (χ0v) is 39.7. The van der Waals surface area contributed by atoms with E-state index in [0.717, 1.165) is 0 Å². The molecule has 5 aromatic rings. The van der Waals surface area contributed by atoms with Gasteiger partial charge in [-0.3, -0.25) is 0 Å². The monoisotopic (exact) mass is 808 g/mol. The molecular formula is C56H65BN2S.